The van der Waals surface area contributed by atoms with Crippen LogP contribution in [0.25, 0.3) is 0 Å². The highest BCUT2D eigenvalue weighted by Crippen LogP contribution is 2.71. The average Bonchev–Trinajstić information content (AvgIpc) is 1.25. The lowest BCUT2D eigenvalue weighted by Crippen LogP contribution is -1.77. The molecule has 7 heteroatoms. The third-order valence-electron chi connectivity index (χ3n) is 0.483. The van der Waals surface area contributed by atoms with E-state index < -0.39 is 14.3 Å². The van der Waals surface area contributed by atoms with Crippen LogP contribution in [0.2, 0.25) is 0 Å². The van der Waals surface area contributed by atoms with Gasteiger partial charge < -0.3 is 14.7 Å². The summed E-state index contributed by atoms with van der Waals surface area (Å²) in [5, 5.41) is 0. The van der Waals surface area contributed by atoms with Crippen LogP contribution in [-0.2, 0) is 9.13 Å². The molecule has 5 nitrogen and oxygen atoms in total. The summed E-state index contributed by atoms with van der Waals surface area (Å²) in [6, 6.07) is 0. The minimum Gasteiger partial charge on any atom is -0.336 e. The molecule has 0 aliphatic heterocycles. The third kappa shape index (κ3) is 3.84. The Morgan fingerprint density at radius 2 is 1.22 bits per heavy atom. The number of rotatable bonds is 1. The Bertz CT molecular complexity index is 142. The summed E-state index contributed by atoms with van der Waals surface area (Å²) in [4.78, 5) is 24.1. The normalized spacial score (nSPS) is 17.8. The number of hydrogen-bond donors (Lipinski definition) is 3. The van der Waals surface area contributed by atoms with Gasteiger partial charge in [0.05, 0.1) is 0 Å². The molecule has 0 heterocycles. The molecule has 0 aromatic carbocycles. The Morgan fingerprint density at radius 1 is 1.11 bits per heavy atom. The standard InChI is InChI=1S/CH6O5P2.CH4/c1-7(2,3)8(4,5)6;/h1H3,(H,2,3)(H2,4,5,6);1H4. The Balaban J connectivity index is 0. The lowest BCUT2D eigenvalue weighted by atomic mass is 12.0. The predicted molar refractivity (Wildman–Crippen MR) is 34.5 cm³/mol. The topological polar surface area (TPSA) is 94.8 Å². The molecule has 0 aromatic rings. The third-order valence-corrected chi connectivity index (χ3v) is 4.35. The zero-order valence-electron chi connectivity index (χ0n) is 4.05. The van der Waals surface area contributed by atoms with Crippen LogP contribution in [0.5, 0.6) is 0 Å². The summed E-state index contributed by atoms with van der Waals surface area (Å²) in [6.07, 6.45) is 0. The molecule has 0 aliphatic rings. The Labute approximate surface area is 53.2 Å². The van der Waals surface area contributed by atoms with Crippen molar-refractivity contribution in [1.82, 2.24) is 0 Å². The van der Waals surface area contributed by atoms with E-state index in [1.54, 1.807) is 0 Å². The van der Waals surface area contributed by atoms with Gasteiger partial charge in [0.1, 0.15) is 0 Å². The van der Waals surface area contributed by atoms with Gasteiger partial charge in [-0.2, -0.15) is 0 Å². The summed E-state index contributed by atoms with van der Waals surface area (Å²) < 4.78 is 19.9. The van der Waals surface area contributed by atoms with Gasteiger partial charge in [0.15, 0.2) is 0 Å². The van der Waals surface area contributed by atoms with E-state index in [2.05, 4.69) is 0 Å². The minimum atomic E-state index is -4.74. The van der Waals surface area contributed by atoms with Crippen molar-refractivity contribution in [3.63, 3.8) is 0 Å². The van der Waals surface area contributed by atoms with Gasteiger partial charge in [-0.3, -0.25) is 4.57 Å². The maximum absolute atomic E-state index is 10.0. The van der Waals surface area contributed by atoms with Gasteiger partial charge in [0, 0.05) is 6.66 Å². The fourth-order valence-electron chi connectivity index (χ4n) is 0. The number of hydrogen-bond acceptors (Lipinski definition) is 2. The van der Waals surface area contributed by atoms with Gasteiger partial charge in [-0.25, -0.2) is 4.57 Å². The molecule has 0 spiro atoms. The summed E-state index contributed by atoms with van der Waals surface area (Å²) >= 11 is 0. The van der Waals surface area contributed by atoms with Gasteiger partial charge in [-0.15, -0.1) is 0 Å². The van der Waals surface area contributed by atoms with Gasteiger partial charge in [-0.1, -0.05) is 7.43 Å². The Hall–Kier alpha value is 0.340. The minimum absolute atomic E-state index is 0. The maximum atomic E-state index is 10.0. The van der Waals surface area contributed by atoms with E-state index in [1.165, 1.54) is 0 Å². The smallest absolute Gasteiger partial charge is 0.336 e. The molecule has 0 saturated heterocycles. The van der Waals surface area contributed by atoms with Crippen LogP contribution in [0.15, 0.2) is 0 Å². The van der Waals surface area contributed by atoms with Crippen molar-refractivity contribution in [2.24, 2.45) is 0 Å². The van der Waals surface area contributed by atoms with E-state index in [-0.39, 0.29) is 7.43 Å². The molecule has 0 amide bonds. The second-order valence-corrected chi connectivity index (χ2v) is 7.84. The van der Waals surface area contributed by atoms with Crippen molar-refractivity contribution >= 4 is 14.3 Å². The van der Waals surface area contributed by atoms with E-state index in [0.29, 0.717) is 6.66 Å². The molecule has 0 bridgehead atoms. The van der Waals surface area contributed by atoms with Crippen LogP contribution in [0.1, 0.15) is 7.43 Å². The van der Waals surface area contributed by atoms with E-state index in [1.807, 2.05) is 0 Å². The highest BCUT2D eigenvalue weighted by atomic mass is 32.1. The lowest BCUT2D eigenvalue weighted by Gasteiger charge is -2.04. The average molecular weight is 176 g/mol. The molecule has 1 atom stereocenters. The van der Waals surface area contributed by atoms with Crippen LogP contribution in [-0.4, -0.2) is 21.3 Å². The second kappa shape index (κ2) is 2.95. The van der Waals surface area contributed by atoms with Crippen molar-refractivity contribution in [3.05, 3.63) is 0 Å². The fourth-order valence-corrected chi connectivity index (χ4v) is 0. The van der Waals surface area contributed by atoms with Crippen molar-refractivity contribution in [2.75, 3.05) is 6.66 Å². The van der Waals surface area contributed by atoms with Crippen molar-refractivity contribution in [3.8, 4) is 0 Å². The van der Waals surface area contributed by atoms with Crippen LogP contribution < -0.4 is 0 Å². The van der Waals surface area contributed by atoms with E-state index in [4.69, 9.17) is 14.7 Å². The van der Waals surface area contributed by atoms with Crippen molar-refractivity contribution < 1.29 is 23.8 Å². The molecular formula is C2H10O5P2. The molecule has 0 saturated carbocycles. The first kappa shape index (κ1) is 12.1. The fraction of sp³-hybridized carbons (Fsp3) is 1.00. The molecule has 9 heavy (non-hydrogen) atoms. The summed E-state index contributed by atoms with van der Waals surface area (Å²) in [5.41, 5.74) is 0. The monoisotopic (exact) mass is 176 g/mol. The Kier molecular flexibility index (Phi) is 3.95. The van der Waals surface area contributed by atoms with Gasteiger partial charge >= 0.3 is 14.3 Å². The molecule has 3 N–H and O–H groups in total. The maximum Gasteiger partial charge on any atom is 0.407 e. The molecule has 0 rings (SSSR count). The van der Waals surface area contributed by atoms with Crippen LogP contribution in [0.4, 0.5) is 0 Å². The van der Waals surface area contributed by atoms with Gasteiger partial charge in [0.25, 0.3) is 0 Å². The van der Waals surface area contributed by atoms with Gasteiger partial charge in [0.2, 0.25) is 0 Å². The molecule has 58 valence electrons. The molecule has 0 aliphatic carbocycles. The van der Waals surface area contributed by atoms with Crippen LogP contribution in [0, 0.1) is 0 Å². The quantitative estimate of drug-likeness (QED) is 0.509. The van der Waals surface area contributed by atoms with E-state index >= 15 is 0 Å². The summed E-state index contributed by atoms with van der Waals surface area (Å²) in [6.45, 7) is 0.619. The zero-order valence-corrected chi connectivity index (χ0v) is 5.84. The summed E-state index contributed by atoms with van der Waals surface area (Å²) in [5.74, 6) is 0. The van der Waals surface area contributed by atoms with Gasteiger partial charge in [-0.05, 0) is 0 Å². The first-order valence-corrected chi connectivity index (χ1v) is 6.04. The molecular weight excluding hydrogens is 166 g/mol. The first-order valence-electron chi connectivity index (χ1n) is 1.61. The van der Waals surface area contributed by atoms with E-state index in [9.17, 15) is 9.13 Å². The van der Waals surface area contributed by atoms with E-state index in [0.717, 1.165) is 0 Å². The van der Waals surface area contributed by atoms with Crippen molar-refractivity contribution in [2.45, 2.75) is 7.43 Å². The van der Waals surface area contributed by atoms with Crippen LogP contribution >= 0.6 is 14.3 Å². The van der Waals surface area contributed by atoms with Crippen LogP contribution in [0.3, 0.4) is 0 Å². The lowest BCUT2D eigenvalue weighted by molar-refractivity contribution is 0.378. The highest BCUT2D eigenvalue weighted by Gasteiger charge is 2.33. The molecule has 0 fully saturated rings. The SMILES string of the molecule is C.CP(=O)(O)P(=O)(O)O. The zero-order chi connectivity index (χ0) is 7.00. The Morgan fingerprint density at radius 3 is 1.22 bits per heavy atom. The second-order valence-electron chi connectivity index (χ2n) is 1.35. The summed E-state index contributed by atoms with van der Waals surface area (Å²) in [7, 11) is -8.92. The predicted octanol–water partition coefficient (Wildman–Crippen LogP) is 0.615. The molecule has 0 radical (unpaired) electrons. The highest BCUT2D eigenvalue weighted by molar-refractivity contribution is 8.28. The molecule has 0 aromatic heterocycles. The van der Waals surface area contributed by atoms with Crippen molar-refractivity contribution in [1.29, 1.82) is 0 Å². The molecule has 1 unspecified atom stereocenters. The largest absolute Gasteiger partial charge is 0.407 e. The first-order chi connectivity index (χ1) is 3.25.